The summed E-state index contributed by atoms with van der Waals surface area (Å²) in [6, 6.07) is 14.1. The van der Waals surface area contributed by atoms with Gasteiger partial charge in [0.1, 0.15) is 6.61 Å². The van der Waals surface area contributed by atoms with Crippen molar-refractivity contribution in [2.45, 2.75) is 20.5 Å². The third kappa shape index (κ3) is 5.73. The van der Waals surface area contributed by atoms with Crippen molar-refractivity contribution >= 4 is 39.9 Å². The number of hydrogen-bond donors (Lipinski definition) is 2. The fourth-order valence-electron chi connectivity index (χ4n) is 2.50. The first-order chi connectivity index (χ1) is 13.9. The van der Waals surface area contributed by atoms with Crippen molar-refractivity contribution in [2.24, 2.45) is 0 Å². The van der Waals surface area contributed by atoms with E-state index in [2.05, 4.69) is 15.6 Å². The van der Waals surface area contributed by atoms with Crippen LogP contribution in [0.15, 0.2) is 53.9 Å². The molecule has 0 saturated heterocycles. The van der Waals surface area contributed by atoms with Crippen molar-refractivity contribution in [3.63, 3.8) is 0 Å². The number of aromatic nitrogens is 1. The second-order valence-electron chi connectivity index (χ2n) is 6.23. The molecular formula is C21H19N3O4S. The quantitative estimate of drug-likeness (QED) is 0.598. The van der Waals surface area contributed by atoms with Crippen LogP contribution in [0.1, 0.15) is 29.8 Å². The SMILES string of the molecule is CC(=O)Nc1ccc(-c2csc(NC(=O)c3ccc(COC(C)=O)cc3)n2)cc1. The fourth-order valence-corrected chi connectivity index (χ4v) is 3.21. The van der Waals surface area contributed by atoms with Gasteiger partial charge in [-0.05, 0) is 29.8 Å². The highest BCUT2D eigenvalue weighted by Crippen LogP contribution is 2.26. The lowest BCUT2D eigenvalue weighted by Gasteiger charge is -2.05. The number of anilines is 2. The molecule has 1 aromatic heterocycles. The summed E-state index contributed by atoms with van der Waals surface area (Å²) >= 11 is 1.33. The Bertz CT molecular complexity index is 1030. The van der Waals surface area contributed by atoms with E-state index in [0.29, 0.717) is 16.4 Å². The van der Waals surface area contributed by atoms with Crippen LogP contribution in [0, 0.1) is 0 Å². The van der Waals surface area contributed by atoms with Gasteiger partial charge < -0.3 is 10.1 Å². The summed E-state index contributed by atoms with van der Waals surface area (Å²) in [5, 5.41) is 7.83. The largest absolute Gasteiger partial charge is 0.461 e. The molecule has 148 valence electrons. The van der Waals surface area contributed by atoms with Crippen LogP contribution in [0.25, 0.3) is 11.3 Å². The zero-order chi connectivity index (χ0) is 20.8. The smallest absolute Gasteiger partial charge is 0.302 e. The van der Waals surface area contributed by atoms with E-state index in [0.717, 1.165) is 16.8 Å². The molecule has 3 rings (SSSR count). The summed E-state index contributed by atoms with van der Waals surface area (Å²) in [5.41, 5.74) is 3.60. The lowest BCUT2D eigenvalue weighted by Crippen LogP contribution is -2.11. The molecule has 0 spiro atoms. The summed E-state index contributed by atoms with van der Waals surface area (Å²) in [6.45, 7) is 2.98. The van der Waals surface area contributed by atoms with Gasteiger partial charge in [0.2, 0.25) is 5.91 Å². The number of nitrogens with zero attached hydrogens (tertiary/aromatic N) is 1. The maximum Gasteiger partial charge on any atom is 0.302 e. The van der Waals surface area contributed by atoms with Crippen LogP contribution >= 0.6 is 11.3 Å². The van der Waals surface area contributed by atoms with Crippen LogP contribution in [-0.4, -0.2) is 22.8 Å². The fraction of sp³-hybridized carbons (Fsp3) is 0.143. The van der Waals surface area contributed by atoms with E-state index in [1.165, 1.54) is 25.2 Å². The molecule has 0 aliphatic heterocycles. The zero-order valence-electron chi connectivity index (χ0n) is 15.9. The molecule has 0 aliphatic rings. The Morgan fingerprint density at radius 1 is 0.966 bits per heavy atom. The molecule has 0 unspecified atom stereocenters. The number of ether oxygens (including phenoxy) is 1. The third-order valence-corrected chi connectivity index (χ3v) is 4.64. The minimum Gasteiger partial charge on any atom is -0.461 e. The number of nitrogens with one attached hydrogen (secondary N) is 2. The molecule has 0 bridgehead atoms. The van der Waals surface area contributed by atoms with E-state index in [1.807, 2.05) is 17.5 Å². The van der Waals surface area contributed by atoms with Gasteiger partial charge in [-0.1, -0.05) is 24.3 Å². The maximum absolute atomic E-state index is 12.4. The van der Waals surface area contributed by atoms with E-state index in [-0.39, 0.29) is 24.4 Å². The van der Waals surface area contributed by atoms with Crippen LogP contribution in [-0.2, 0) is 20.9 Å². The first-order valence-corrected chi connectivity index (χ1v) is 9.66. The molecule has 0 saturated carbocycles. The average molecular weight is 409 g/mol. The molecule has 1 heterocycles. The van der Waals surface area contributed by atoms with E-state index in [1.54, 1.807) is 36.4 Å². The summed E-state index contributed by atoms with van der Waals surface area (Å²) in [4.78, 5) is 38.8. The molecule has 29 heavy (non-hydrogen) atoms. The number of thiazole rings is 1. The van der Waals surface area contributed by atoms with Crippen LogP contribution < -0.4 is 10.6 Å². The Labute approximate surface area is 171 Å². The highest BCUT2D eigenvalue weighted by atomic mass is 32.1. The van der Waals surface area contributed by atoms with Crippen molar-refractivity contribution in [2.75, 3.05) is 10.6 Å². The summed E-state index contributed by atoms with van der Waals surface area (Å²) in [6.07, 6.45) is 0. The predicted octanol–water partition coefficient (Wildman–Crippen LogP) is 4.08. The number of rotatable bonds is 6. The van der Waals surface area contributed by atoms with Crippen LogP contribution in [0.5, 0.6) is 0 Å². The number of amides is 2. The number of benzene rings is 2. The third-order valence-electron chi connectivity index (χ3n) is 3.88. The predicted molar refractivity (Wildman–Crippen MR) is 112 cm³/mol. The molecule has 2 aromatic carbocycles. The van der Waals surface area contributed by atoms with Crippen molar-refractivity contribution < 1.29 is 19.1 Å². The maximum atomic E-state index is 12.4. The Hall–Kier alpha value is -3.52. The molecule has 2 N–H and O–H groups in total. The molecule has 0 fully saturated rings. The highest BCUT2D eigenvalue weighted by molar-refractivity contribution is 7.14. The Kier molecular flexibility index (Phi) is 6.36. The highest BCUT2D eigenvalue weighted by Gasteiger charge is 2.10. The first kappa shape index (κ1) is 20.2. The molecule has 3 aromatic rings. The van der Waals surface area contributed by atoms with Crippen LogP contribution in [0.4, 0.5) is 10.8 Å². The van der Waals surface area contributed by atoms with Gasteiger partial charge in [-0.25, -0.2) is 4.98 Å². The average Bonchev–Trinajstić information content (AvgIpc) is 3.15. The van der Waals surface area contributed by atoms with Gasteiger partial charge in [0.15, 0.2) is 5.13 Å². The molecule has 8 heteroatoms. The number of carbonyl (C=O) groups is 3. The second kappa shape index (κ2) is 9.11. The van der Waals surface area contributed by atoms with Gasteiger partial charge in [0.05, 0.1) is 5.69 Å². The Balaban J connectivity index is 1.62. The van der Waals surface area contributed by atoms with Gasteiger partial charge in [-0.15, -0.1) is 11.3 Å². The molecule has 0 aliphatic carbocycles. The van der Waals surface area contributed by atoms with Gasteiger partial charge in [-0.3, -0.25) is 19.7 Å². The van der Waals surface area contributed by atoms with Crippen molar-refractivity contribution in [1.29, 1.82) is 0 Å². The zero-order valence-corrected chi connectivity index (χ0v) is 16.7. The monoisotopic (exact) mass is 409 g/mol. The van der Waals surface area contributed by atoms with Crippen LogP contribution in [0.2, 0.25) is 0 Å². The summed E-state index contributed by atoms with van der Waals surface area (Å²) in [7, 11) is 0. The Morgan fingerprint density at radius 2 is 1.66 bits per heavy atom. The molecule has 7 nitrogen and oxygen atoms in total. The number of hydrogen-bond acceptors (Lipinski definition) is 6. The van der Waals surface area contributed by atoms with E-state index < -0.39 is 0 Å². The van der Waals surface area contributed by atoms with E-state index in [9.17, 15) is 14.4 Å². The van der Waals surface area contributed by atoms with E-state index >= 15 is 0 Å². The Morgan fingerprint density at radius 3 is 2.28 bits per heavy atom. The minimum atomic E-state index is -0.351. The molecular weight excluding hydrogens is 390 g/mol. The second-order valence-corrected chi connectivity index (χ2v) is 7.09. The van der Waals surface area contributed by atoms with Gasteiger partial charge in [-0.2, -0.15) is 0 Å². The van der Waals surface area contributed by atoms with E-state index in [4.69, 9.17) is 4.74 Å². The lowest BCUT2D eigenvalue weighted by molar-refractivity contribution is -0.142. The molecule has 0 radical (unpaired) electrons. The minimum absolute atomic E-state index is 0.129. The molecule has 2 amide bonds. The van der Waals surface area contributed by atoms with Crippen LogP contribution in [0.3, 0.4) is 0 Å². The van der Waals surface area contributed by atoms with Gasteiger partial charge >= 0.3 is 5.97 Å². The number of esters is 1. The number of carbonyl (C=O) groups excluding carboxylic acids is 3. The summed E-state index contributed by atoms with van der Waals surface area (Å²) in [5.74, 6) is -0.752. The lowest BCUT2D eigenvalue weighted by atomic mass is 10.1. The van der Waals surface area contributed by atoms with Crippen molar-refractivity contribution in [3.8, 4) is 11.3 Å². The summed E-state index contributed by atoms with van der Waals surface area (Å²) < 4.78 is 4.93. The van der Waals surface area contributed by atoms with Crippen molar-refractivity contribution in [1.82, 2.24) is 4.98 Å². The first-order valence-electron chi connectivity index (χ1n) is 8.78. The topological polar surface area (TPSA) is 97.4 Å². The standard InChI is InChI=1S/C21H19N3O4S/c1-13(25)22-18-9-7-16(8-10-18)19-12-29-21(23-19)24-20(27)17-5-3-15(4-6-17)11-28-14(2)26/h3-10,12H,11H2,1-2H3,(H,22,25)(H,23,24,27). The van der Waals surface area contributed by atoms with Crippen molar-refractivity contribution in [3.05, 3.63) is 65.0 Å². The normalized spacial score (nSPS) is 10.3. The van der Waals surface area contributed by atoms with Gasteiger partial charge in [0, 0.05) is 36.0 Å². The molecule has 0 atom stereocenters. The van der Waals surface area contributed by atoms with Gasteiger partial charge in [0.25, 0.3) is 5.91 Å².